The number of halogens is 1. The van der Waals surface area contributed by atoms with Crippen LogP contribution >= 0.6 is 15.9 Å². The average Bonchev–Trinajstić information content (AvgIpc) is 2.33. The Bertz CT molecular complexity index is 491. The van der Waals surface area contributed by atoms with Gasteiger partial charge in [-0.25, -0.2) is 5.01 Å². The molecule has 2 rings (SSSR count). The summed E-state index contributed by atoms with van der Waals surface area (Å²) in [7, 11) is 0. The van der Waals surface area contributed by atoms with Crippen LogP contribution in [0.4, 0.5) is 0 Å². The van der Waals surface area contributed by atoms with E-state index in [1.165, 1.54) is 0 Å². The molecule has 0 radical (unpaired) electrons. The van der Waals surface area contributed by atoms with Crippen LogP contribution in [-0.2, 0) is 4.79 Å². The van der Waals surface area contributed by atoms with Crippen molar-refractivity contribution in [3.8, 4) is 0 Å². The van der Waals surface area contributed by atoms with Gasteiger partial charge in [0.1, 0.15) is 0 Å². The molecule has 1 aliphatic heterocycles. The zero-order valence-corrected chi connectivity index (χ0v) is 12.5. The minimum atomic E-state index is -0.375. The summed E-state index contributed by atoms with van der Waals surface area (Å²) in [5.74, 6) is 0.103. The summed E-state index contributed by atoms with van der Waals surface area (Å²) in [4.78, 5) is 12.1. The third-order valence-corrected chi connectivity index (χ3v) is 3.67. The zero-order valence-electron chi connectivity index (χ0n) is 10.9. The van der Waals surface area contributed by atoms with E-state index in [4.69, 9.17) is 0 Å². The van der Waals surface area contributed by atoms with E-state index in [2.05, 4.69) is 21.0 Å². The molecule has 1 amide bonds. The van der Waals surface area contributed by atoms with Crippen molar-refractivity contribution in [2.75, 3.05) is 6.54 Å². The summed E-state index contributed by atoms with van der Waals surface area (Å²) in [5.41, 5.74) is 1.69. The highest BCUT2D eigenvalue weighted by Gasteiger charge is 2.37. The van der Waals surface area contributed by atoms with Gasteiger partial charge >= 0.3 is 0 Å². The maximum absolute atomic E-state index is 12.1. The first kappa shape index (κ1) is 13.3. The van der Waals surface area contributed by atoms with Crippen LogP contribution in [0.1, 0.15) is 32.8 Å². The molecule has 0 atom stereocenters. The molecule has 0 aromatic heterocycles. The molecule has 1 aromatic carbocycles. The summed E-state index contributed by atoms with van der Waals surface area (Å²) in [6, 6.07) is 8.06. The second-order valence-electron chi connectivity index (χ2n) is 5.14. The number of carbonyl (C=O) groups excluding carboxylic acids is 1. The van der Waals surface area contributed by atoms with Crippen LogP contribution in [0.25, 0.3) is 0 Å². The van der Waals surface area contributed by atoms with E-state index in [1.807, 2.05) is 45.0 Å². The molecule has 0 spiro atoms. The van der Waals surface area contributed by atoms with Gasteiger partial charge in [-0.2, -0.15) is 5.10 Å². The molecule has 1 aromatic rings. The molecular formula is C14H17BrN2O. The molecular weight excluding hydrogens is 292 g/mol. The number of nitrogens with zero attached hydrogens (tertiary/aromatic N) is 2. The van der Waals surface area contributed by atoms with Crippen molar-refractivity contribution < 1.29 is 4.79 Å². The van der Waals surface area contributed by atoms with E-state index >= 15 is 0 Å². The Morgan fingerprint density at radius 3 is 2.50 bits per heavy atom. The number of carbonyl (C=O) groups is 1. The lowest BCUT2D eigenvalue weighted by Gasteiger charge is -2.34. The molecule has 0 fully saturated rings. The number of amides is 1. The third-order valence-electron chi connectivity index (χ3n) is 3.14. The standard InChI is InChI=1S/C14H17BrN2O/c1-4-17-13(18)14(2,3)9-12(16-17)10-5-7-11(15)8-6-10/h5-8H,4,9H2,1-3H3. The van der Waals surface area contributed by atoms with Crippen LogP contribution in [-0.4, -0.2) is 23.2 Å². The molecule has 1 aliphatic rings. The van der Waals surface area contributed by atoms with E-state index in [0.29, 0.717) is 13.0 Å². The lowest BCUT2D eigenvalue weighted by atomic mass is 9.83. The number of hydrogen-bond acceptors (Lipinski definition) is 2. The van der Waals surface area contributed by atoms with E-state index in [9.17, 15) is 4.79 Å². The van der Waals surface area contributed by atoms with Crippen LogP contribution in [0, 0.1) is 5.41 Å². The number of benzene rings is 1. The molecule has 0 unspecified atom stereocenters. The van der Waals surface area contributed by atoms with E-state index < -0.39 is 0 Å². The molecule has 0 saturated heterocycles. The summed E-state index contributed by atoms with van der Waals surface area (Å²) < 4.78 is 1.05. The summed E-state index contributed by atoms with van der Waals surface area (Å²) >= 11 is 3.42. The molecule has 0 bridgehead atoms. The Morgan fingerprint density at radius 2 is 1.94 bits per heavy atom. The molecule has 96 valence electrons. The molecule has 0 N–H and O–H groups in total. The highest BCUT2D eigenvalue weighted by Crippen LogP contribution is 2.30. The Labute approximate surface area is 116 Å². The predicted octanol–water partition coefficient (Wildman–Crippen LogP) is 3.43. The van der Waals surface area contributed by atoms with Gasteiger partial charge in [0.05, 0.1) is 11.1 Å². The monoisotopic (exact) mass is 308 g/mol. The van der Waals surface area contributed by atoms with Crippen molar-refractivity contribution in [1.82, 2.24) is 5.01 Å². The van der Waals surface area contributed by atoms with Crippen LogP contribution < -0.4 is 0 Å². The normalized spacial score (nSPS) is 18.8. The Morgan fingerprint density at radius 1 is 1.33 bits per heavy atom. The Hall–Kier alpha value is -1.16. The van der Waals surface area contributed by atoms with Gasteiger partial charge < -0.3 is 0 Å². The Balaban J connectivity index is 2.39. The van der Waals surface area contributed by atoms with Gasteiger partial charge in [0, 0.05) is 17.4 Å². The fraction of sp³-hybridized carbons (Fsp3) is 0.429. The van der Waals surface area contributed by atoms with Crippen molar-refractivity contribution in [2.24, 2.45) is 10.5 Å². The van der Waals surface area contributed by atoms with Gasteiger partial charge in [0.2, 0.25) is 5.91 Å². The maximum Gasteiger partial charge on any atom is 0.248 e. The fourth-order valence-corrected chi connectivity index (χ4v) is 2.35. The predicted molar refractivity (Wildman–Crippen MR) is 76.5 cm³/mol. The highest BCUT2D eigenvalue weighted by atomic mass is 79.9. The van der Waals surface area contributed by atoms with E-state index in [0.717, 1.165) is 15.7 Å². The van der Waals surface area contributed by atoms with Crippen molar-refractivity contribution in [1.29, 1.82) is 0 Å². The average molecular weight is 309 g/mol. The van der Waals surface area contributed by atoms with Crippen LogP contribution in [0.5, 0.6) is 0 Å². The fourth-order valence-electron chi connectivity index (χ4n) is 2.09. The summed E-state index contributed by atoms with van der Waals surface area (Å²) in [6.45, 7) is 6.52. The van der Waals surface area contributed by atoms with Gasteiger partial charge in [-0.1, -0.05) is 41.9 Å². The number of hydrazone groups is 1. The first-order valence-electron chi connectivity index (χ1n) is 6.09. The lowest BCUT2D eigenvalue weighted by Crippen LogP contribution is -2.43. The van der Waals surface area contributed by atoms with Crippen LogP contribution in [0.3, 0.4) is 0 Å². The first-order chi connectivity index (χ1) is 8.44. The molecule has 3 nitrogen and oxygen atoms in total. The van der Waals surface area contributed by atoms with Crippen molar-refractivity contribution in [3.63, 3.8) is 0 Å². The smallest absolute Gasteiger partial charge is 0.248 e. The largest absolute Gasteiger partial charge is 0.272 e. The molecule has 1 heterocycles. The van der Waals surface area contributed by atoms with Crippen molar-refractivity contribution >= 4 is 27.5 Å². The third kappa shape index (κ3) is 2.48. The number of hydrogen-bond donors (Lipinski definition) is 0. The summed E-state index contributed by atoms with van der Waals surface area (Å²) in [6.07, 6.45) is 0.684. The second kappa shape index (κ2) is 4.84. The van der Waals surface area contributed by atoms with Gasteiger partial charge in [-0.15, -0.1) is 0 Å². The van der Waals surface area contributed by atoms with Gasteiger partial charge in [0.25, 0.3) is 0 Å². The zero-order chi connectivity index (χ0) is 13.3. The lowest BCUT2D eigenvalue weighted by molar-refractivity contribution is -0.140. The Kier molecular flexibility index (Phi) is 3.57. The molecule has 0 saturated carbocycles. The van der Waals surface area contributed by atoms with Gasteiger partial charge in [0.15, 0.2) is 0 Å². The van der Waals surface area contributed by atoms with Gasteiger partial charge in [-0.05, 0) is 24.6 Å². The maximum atomic E-state index is 12.1. The van der Waals surface area contributed by atoms with Crippen molar-refractivity contribution in [3.05, 3.63) is 34.3 Å². The second-order valence-corrected chi connectivity index (χ2v) is 6.05. The SMILES string of the molecule is CCN1N=C(c2ccc(Br)cc2)CC(C)(C)C1=O. The van der Waals surface area contributed by atoms with Gasteiger partial charge in [-0.3, -0.25) is 4.79 Å². The molecule has 4 heteroatoms. The molecule has 0 aliphatic carbocycles. The van der Waals surface area contributed by atoms with E-state index in [1.54, 1.807) is 5.01 Å². The minimum absolute atomic E-state index is 0.103. The topological polar surface area (TPSA) is 32.7 Å². The minimum Gasteiger partial charge on any atom is -0.272 e. The van der Waals surface area contributed by atoms with Crippen LogP contribution in [0.15, 0.2) is 33.8 Å². The van der Waals surface area contributed by atoms with Crippen molar-refractivity contribution in [2.45, 2.75) is 27.2 Å². The summed E-state index contributed by atoms with van der Waals surface area (Å²) in [5, 5.41) is 6.03. The quantitative estimate of drug-likeness (QED) is 0.824. The number of rotatable bonds is 2. The first-order valence-corrected chi connectivity index (χ1v) is 6.89. The van der Waals surface area contributed by atoms with E-state index in [-0.39, 0.29) is 11.3 Å². The van der Waals surface area contributed by atoms with Crippen LogP contribution in [0.2, 0.25) is 0 Å². The highest BCUT2D eigenvalue weighted by molar-refractivity contribution is 9.10. The molecule has 18 heavy (non-hydrogen) atoms.